The first-order chi connectivity index (χ1) is 6.65. The Morgan fingerprint density at radius 3 is 2.93 bits per heavy atom. The van der Waals surface area contributed by atoms with Gasteiger partial charge >= 0.3 is 0 Å². The molecule has 0 heterocycles. The Hall–Kier alpha value is -1.04. The van der Waals surface area contributed by atoms with Crippen molar-refractivity contribution in [3.63, 3.8) is 0 Å². The van der Waals surface area contributed by atoms with Crippen LogP contribution in [-0.4, -0.2) is 6.54 Å². The molecule has 0 spiro atoms. The van der Waals surface area contributed by atoms with Crippen molar-refractivity contribution in [1.82, 2.24) is 5.32 Å². The Kier molecular flexibility index (Phi) is 3.94. The third-order valence-corrected chi connectivity index (χ3v) is 2.26. The lowest BCUT2D eigenvalue weighted by Crippen LogP contribution is -2.18. The predicted octanol–water partition coefficient (Wildman–Crippen LogP) is 2.76. The molecule has 0 bridgehead atoms. The second kappa shape index (κ2) is 4.99. The molecule has 1 rings (SSSR count). The summed E-state index contributed by atoms with van der Waals surface area (Å²) in [7, 11) is 0. The van der Waals surface area contributed by atoms with Gasteiger partial charge in [-0.05, 0) is 24.6 Å². The Morgan fingerprint density at radius 1 is 1.64 bits per heavy atom. The third kappa shape index (κ3) is 2.73. The van der Waals surface area contributed by atoms with Gasteiger partial charge in [0.1, 0.15) is 5.82 Å². The average Bonchev–Trinajstić information content (AvgIpc) is 2.18. The smallest absolute Gasteiger partial charge is 0.142 e. The van der Waals surface area contributed by atoms with Crippen molar-refractivity contribution in [3.05, 3.63) is 34.6 Å². The highest BCUT2D eigenvalue weighted by molar-refractivity contribution is 6.30. The minimum Gasteiger partial charge on any atom is -0.300 e. The summed E-state index contributed by atoms with van der Waals surface area (Å²) < 4.78 is 13.1. The van der Waals surface area contributed by atoms with E-state index in [9.17, 15) is 4.39 Å². The van der Waals surface area contributed by atoms with E-state index >= 15 is 0 Å². The number of hydrogen-bond donors (Lipinski definition) is 1. The largest absolute Gasteiger partial charge is 0.300 e. The molecular formula is C11H11ClFN. The number of halogens is 2. The molecule has 1 nitrogen and oxygen atoms in total. The standard InChI is InChI=1S/C11H11ClFN/c1-3-6-14-8(2)9-4-5-10(12)11(13)7-9/h1,4-5,7-8,14H,6H2,2H3. The molecule has 1 unspecified atom stereocenters. The zero-order chi connectivity index (χ0) is 10.6. The summed E-state index contributed by atoms with van der Waals surface area (Å²) in [5, 5.41) is 3.19. The Balaban J connectivity index is 2.76. The van der Waals surface area contributed by atoms with Gasteiger partial charge in [0.05, 0.1) is 11.6 Å². The van der Waals surface area contributed by atoms with E-state index in [1.54, 1.807) is 12.1 Å². The van der Waals surface area contributed by atoms with E-state index in [1.807, 2.05) is 6.92 Å². The Labute approximate surface area is 88.3 Å². The number of terminal acetylenes is 1. The van der Waals surface area contributed by atoms with Crippen molar-refractivity contribution in [2.24, 2.45) is 0 Å². The van der Waals surface area contributed by atoms with Crippen molar-refractivity contribution in [2.45, 2.75) is 13.0 Å². The van der Waals surface area contributed by atoms with Gasteiger partial charge in [-0.25, -0.2) is 4.39 Å². The monoisotopic (exact) mass is 211 g/mol. The van der Waals surface area contributed by atoms with Gasteiger partial charge in [0.25, 0.3) is 0 Å². The van der Waals surface area contributed by atoms with E-state index in [2.05, 4.69) is 11.2 Å². The van der Waals surface area contributed by atoms with Crippen molar-refractivity contribution in [1.29, 1.82) is 0 Å². The molecule has 14 heavy (non-hydrogen) atoms. The molecule has 3 heteroatoms. The molecule has 74 valence electrons. The van der Waals surface area contributed by atoms with Crippen LogP contribution >= 0.6 is 11.6 Å². The van der Waals surface area contributed by atoms with Crippen LogP contribution in [0.3, 0.4) is 0 Å². The van der Waals surface area contributed by atoms with Gasteiger partial charge in [-0.1, -0.05) is 23.6 Å². The van der Waals surface area contributed by atoms with E-state index in [-0.39, 0.29) is 11.1 Å². The van der Waals surface area contributed by atoms with Crippen molar-refractivity contribution in [2.75, 3.05) is 6.54 Å². The van der Waals surface area contributed by atoms with Gasteiger partial charge in [0, 0.05) is 6.04 Å². The molecule has 0 aliphatic rings. The maximum absolute atomic E-state index is 13.1. The van der Waals surface area contributed by atoms with E-state index in [1.165, 1.54) is 6.07 Å². The van der Waals surface area contributed by atoms with Crippen molar-refractivity contribution >= 4 is 11.6 Å². The second-order valence-electron chi connectivity index (χ2n) is 2.98. The molecule has 0 radical (unpaired) electrons. The molecule has 0 saturated carbocycles. The SMILES string of the molecule is C#CCNC(C)c1ccc(Cl)c(F)c1. The van der Waals surface area contributed by atoms with Crippen LogP contribution in [0.4, 0.5) is 4.39 Å². The minimum absolute atomic E-state index is 0.0258. The van der Waals surface area contributed by atoms with Crippen LogP contribution in [0.5, 0.6) is 0 Å². The molecule has 1 aromatic rings. The average molecular weight is 212 g/mol. The van der Waals surface area contributed by atoms with Crippen molar-refractivity contribution in [3.8, 4) is 12.3 Å². The number of hydrogen-bond acceptors (Lipinski definition) is 1. The summed E-state index contributed by atoms with van der Waals surface area (Å²) in [5.41, 5.74) is 0.835. The van der Waals surface area contributed by atoms with Gasteiger partial charge in [-0.3, -0.25) is 5.32 Å². The van der Waals surface area contributed by atoms with Gasteiger partial charge in [0.2, 0.25) is 0 Å². The molecule has 0 aliphatic heterocycles. The molecule has 0 amide bonds. The lowest BCUT2D eigenvalue weighted by Gasteiger charge is -2.12. The van der Waals surface area contributed by atoms with Crippen LogP contribution in [0, 0.1) is 18.2 Å². The maximum Gasteiger partial charge on any atom is 0.142 e. The van der Waals surface area contributed by atoms with Crippen LogP contribution in [0.15, 0.2) is 18.2 Å². The topological polar surface area (TPSA) is 12.0 Å². The van der Waals surface area contributed by atoms with Crippen LogP contribution in [0.1, 0.15) is 18.5 Å². The van der Waals surface area contributed by atoms with Crippen LogP contribution in [-0.2, 0) is 0 Å². The van der Waals surface area contributed by atoms with Crippen LogP contribution < -0.4 is 5.32 Å². The van der Waals surface area contributed by atoms with E-state index in [0.29, 0.717) is 6.54 Å². The zero-order valence-electron chi connectivity index (χ0n) is 7.85. The van der Waals surface area contributed by atoms with Gasteiger partial charge in [0.15, 0.2) is 0 Å². The third-order valence-electron chi connectivity index (χ3n) is 1.95. The summed E-state index contributed by atoms with van der Waals surface area (Å²) in [5.74, 6) is 2.06. The summed E-state index contributed by atoms with van der Waals surface area (Å²) in [6.07, 6.45) is 5.10. The van der Waals surface area contributed by atoms with Crippen LogP contribution in [0.25, 0.3) is 0 Å². The highest BCUT2D eigenvalue weighted by atomic mass is 35.5. The summed E-state index contributed by atoms with van der Waals surface area (Å²) in [6, 6.07) is 4.76. The maximum atomic E-state index is 13.1. The Bertz CT molecular complexity index is 357. The predicted molar refractivity (Wildman–Crippen MR) is 56.7 cm³/mol. The lowest BCUT2D eigenvalue weighted by molar-refractivity contribution is 0.598. The molecule has 0 aromatic heterocycles. The first-order valence-corrected chi connectivity index (χ1v) is 4.64. The number of benzene rings is 1. The van der Waals surface area contributed by atoms with E-state index in [4.69, 9.17) is 18.0 Å². The van der Waals surface area contributed by atoms with E-state index in [0.717, 1.165) is 5.56 Å². The fourth-order valence-corrected chi connectivity index (χ4v) is 1.23. The summed E-state index contributed by atoms with van der Waals surface area (Å²) >= 11 is 5.56. The molecule has 1 N–H and O–H groups in total. The minimum atomic E-state index is -0.404. The Morgan fingerprint density at radius 2 is 2.36 bits per heavy atom. The van der Waals surface area contributed by atoms with Gasteiger partial charge in [-0.2, -0.15) is 0 Å². The number of nitrogens with one attached hydrogen (secondary N) is 1. The second-order valence-corrected chi connectivity index (χ2v) is 3.39. The fourth-order valence-electron chi connectivity index (χ4n) is 1.11. The molecule has 0 aliphatic carbocycles. The van der Waals surface area contributed by atoms with Gasteiger partial charge < -0.3 is 0 Å². The molecule has 1 atom stereocenters. The molecular weight excluding hydrogens is 201 g/mol. The molecule has 0 saturated heterocycles. The van der Waals surface area contributed by atoms with Crippen LogP contribution in [0.2, 0.25) is 5.02 Å². The highest BCUT2D eigenvalue weighted by Crippen LogP contribution is 2.19. The summed E-state index contributed by atoms with van der Waals surface area (Å²) in [4.78, 5) is 0. The van der Waals surface area contributed by atoms with E-state index < -0.39 is 5.82 Å². The quantitative estimate of drug-likeness (QED) is 0.759. The zero-order valence-corrected chi connectivity index (χ0v) is 8.61. The first-order valence-electron chi connectivity index (χ1n) is 4.27. The number of rotatable bonds is 3. The molecule has 1 aromatic carbocycles. The fraction of sp³-hybridized carbons (Fsp3) is 0.273. The van der Waals surface area contributed by atoms with Gasteiger partial charge in [-0.15, -0.1) is 6.42 Å². The molecule has 0 fully saturated rings. The normalized spacial score (nSPS) is 12.1. The lowest BCUT2D eigenvalue weighted by atomic mass is 10.1. The first kappa shape index (κ1) is 11.0. The van der Waals surface area contributed by atoms with Crippen molar-refractivity contribution < 1.29 is 4.39 Å². The highest BCUT2D eigenvalue weighted by Gasteiger charge is 2.06. The summed E-state index contributed by atoms with van der Waals surface area (Å²) in [6.45, 7) is 2.38.